The second kappa shape index (κ2) is 4.88. The highest BCUT2D eigenvalue weighted by Gasteiger charge is 2.30. The van der Waals surface area contributed by atoms with Crippen LogP contribution in [0.5, 0.6) is 0 Å². The first-order valence-corrected chi connectivity index (χ1v) is 3.63. The molecule has 15 heavy (non-hydrogen) atoms. The number of nitrogens with two attached hydrogens (primary N) is 1. The summed E-state index contributed by atoms with van der Waals surface area (Å²) in [5.41, 5.74) is 3.94. The minimum atomic E-state index is -4.42. The molecular weight excluding hydrogens is 233 g/mol. The molecule has 0 atom stereocenters. The molecule has 3 nitrogen and oxygen atoms in total. The molecule has 84 valence electrons. The third kappa shape index (κ3) is 4.07. The van der Waals surface area contributed by atoms with Gasteiger partial charge in [0.05, 0.1) is 5.56 Å². The fourth-order valence-corrected chi connectivity index (χ4v) is 0.916. The SMILES string of the molecule is Cl.NC(=O)Nc1cccc(C(F)(F)F)c1. The second-order valence-corrected chi connectivity index (χ2v) is 2.57. The number of rotatable bonds is 1. The number of hydrogen-bond donors (Lipinski definition) is 2. The lowest BCUT2D eigenvalue weighted by Crippen LogP contribution is -2.19. The Bertz CT molecular complexity index is 354. The van der Waals surface area contributed by atoms with E-state index in [1.165, 1.54) is 12.1 Å². The Hall–Kier alpha value is -1.43. The molecule has 0 heterocycles. The van der Waals surface area contributed by atoms with Crippen LogP contribution in [0.3, 0.4) is 0 Å². The zero-order valence-electron chi connectivity index (χ0n) is 7.34. The van der Waals surface area contributed by atoms with Crippen LogP contribution in [0.2, 0.25) is 0 Å². The standard InChI is InChI=1S/C8H7F3N2O.ClH/c9-8(10,11)5-2-1-3-6(4-5)13-7(12)14;/h1-4H,(H3,12,13,14);1H. The molecule has 0 fully saturated rings. The summed E-state index contributed by atoms with van der Waals surface area (Å²) in [5.74, 6) is 0. The van der Waals surface area contributed by atoms with Gasteiger partial charge in [0, 0.05) is 5.69 Å². The molecule has 0 saturated heterocycles. The average Bonchev–Trinajstić information content (AvgIpc) is 2.01. The quantitative estimate of drug-likeness (QED) is 0.779. The predicted octanol–water partition coefficient (Wildman–Crippen LogP) is 2.62. The van der Waals surface area contributed by atoms with Gasteiger partial charge in [0.15, 0.2) is 0 Å². The van der Waals surface area contributed by atoms with E-state index in [9.17, 15) is 18.0 Å². The Morgan fingerprint density at radius 2 is 1.93 bits per heavy atom. The van der Waals surface area contributed by atoms with Crippen LogP contribution < -0.4 is 11.1 Å². The van der Waals surface area contributed by atoms with Crippen LogP contribution in [0.15, 0.2) is 24.3 Å². The third-order valence-corrected chi connectivity index (χ3v) is 1.46. The van der Waals surface area contributed by atoms with Gasteiger partial charge in [-0.25, -0.2) is 4.79 Å². The second-order valence-electron chi connectivity index (χ2n) is 2.57. The Morgan fingerprint density at radius 3 is 2.40 bits per heavy atom. The maximum atomic E-state index is 12.2. The average molecular weight is 241 g/mol. The van der Waals surface area contributed by atoms with Gasteiger partial charge in [0.1, 0.15) is 0 Å². The number of urea groups is 1. The lowest BCUT2D eigenvalue weighted by molar-refractivity contribution is -0.137. The molecule has 0 radical (unpaired) electrons. The van der Waals surface area contributed by atoms with Gasteiger partial charge < -0.3 is 11.1 Å². The Balaban J connectivity index is 0.00000196. The number of anilines is 1. The van der Waals surface area contributed by atoms with E-state index in [4.69, 9.17) is 5.73 Å². The number of carbonyl (C=O) groups excluding carboxylic acids is 1. The van der Waals surface area contributed by atoms with Gasteiger partial charge in [-0.15, -0.1) is 12.4 Å². The minimum Gasteiger partial charge on any atom is -0.351 e. The summed E-state index contributed by atoms with van der Waals surface area (Å²) in [7, 11) is 0. The molecule has 0 unspecified atom stereocenters. The zero-order chi connectivity index (χ0) is 10.8. The molecule has 0 bridgehead atoms. The van der Waals surface area contributed by atoms with Gasteiger partial charge in [-0.1, -0.05) is 6.07 Å². The van der Waals surface area contributed by atoms with E-state index < -0.39 is 17.8 Å². The highest BCUT2D eigenvalue weighted by atomic mass is 35.5. The summed E-state index contributed by atoms with van der Waals surface area (Å²) < 4.78 is 36.5. The molecule has 7 heteroatoms. The number of nitrogens with one attached hydrogen (secondary N) is 1. The number of benzene rings is 1. The Kier molecular flexibility index (Phi) is 4.41. The van der Waals surface area contributed by atoms with Gasteiger partial charge in [-0.3, -0.25) is 0 Å². The fourth-order valence-electron chi connectivity index (χ4n) is 0.916. The molecule has 1 aromatic carbocycles. The van der Waals surface area contributed by atoms with Crippen molar-refractivity contribution in [3.8, 4) is 0 Å². The topological polar surface area (TPSA) is 55.1 Å². The molecule has 0 aromatic heterocycles. The molecule has 1 aromatic rings. The van der Waals surface area contributed by atoms with Crippen LogP contribution in [0.1, 0.15) is 5.56 Å². The number of halogens is 4. The van der Waals surface area contributed by atoms with Gasteiger partial charge >= 0.3 is 12.2 Å². The summed E-state index contributed by atoms with van der Waals surface area (Å²) in [6.07, 6.45) is -4.42. The normalized spacial score (nSPS) is 10.3. The predicted molar refractivity (Wildman–Crippen MR) is 51.9 cm³/mol. The van der Waals surface area contributed by atoms with Crippen molar-refractivity contribution in [1.29, 1.82) is 0 Å². The van der Waals surface area contributed by atoms with Crippen molar-refractivity contribution in [3.05, 3.63) is 29.8 Å². The fraction of sp³-hybridized carbons (Fsp3) is 0.125. The molecule has 0 spiro atoms. The molecule has 1 rings (SSSR count). The lowest BCUT2D eigenvalue weighted by Gasteiger charge is -2.08. The van der Waals surface area contributed by atoms with E-state index in [-0.39, 0.29) is 18.1 Å². The van der Waals surface area contributed by atoms with Crippen LogP contribution in [0.25, 0.3) is 0 Å². The zero-order valence-corrected chi connectivity index (χ0v) is 8.15. The van der Waals surface area contributed by atoms with Gasteiger partial charge in [0.2, 0.25) is 0 Å². The first-order chi connectivity index (χ1) is 6.39. The summed E-state index contributed by atoms with van der Waals surface area (Å²) >= 11 is 0. The summed E-state index contributed by atoms with van der Waals surface area (Å²) in [4.78, 5) is 10.4. The van der Waals surface area contributed by atoms with Crippen molar-refractivity contribution in [3.63, 3.8) is 0 Å². The Morgan fingerprint density at radius 1 is 1.33 bits per heavy atom. The van der Waals surface area contributed by atoms with Crippen molar-refractivity contribution in [1.82, 2.24) is 0 Å². The van der Waals surface area contributed by atoms with Crippen LogP contribution in [0, 0.1) is 0 Å². The van der Waals surface area contributed by atoms with Gasteiger partial charge in [-0.05, 0) is 18.2 Å². The van der Waals surface area contributed by atoms with Crippen molar-refractivity contribution < 1.29 is 18.0 Å². The minimum absolute atomic E-state index is 0. The lowest BCUT2D eigenvalue weighted by atomic mass is 10.2. The van der Waals surface area contributed by atoms with Crippen molar-refractivity contribution in [2.45, 2.75) is 6.18 Å². The van der Waals surface area contributed by atoms with E-state index in [0.29, 0.717) is 0 Å². The molecule has 0 aliphatic rings. The maximum Gasteiger partial charge on any atom is 0.416 e. The van der Waals surface area contributed by atoms with Crippen molar-refractivity contribution >= 4 is 24.1 Å². The van der Waals surface area contributed by atoms with E-state index in [2.05, 4.69) is 5.32 Å². The number of hydrogen-bond acceptors (Lipinski definition) is 1. The van der Waals surface area contributed by atoms with Crippen molar-refractivity contribution in [2.75, 3.05) is 5.32 Å². The van der Waals surface area contributed by atoms with E-state index in [0.717, 1.165) is 12.1 Å². The number of primary amides is 1. The summed E-state index contributed by atoms with van der Waals surface area (Å²) in [6, 6.07) is 3.33. The van der Waals surface area contributed by atoms with E-state index in [1.807, 2.05) is 0 Å². The summed E-state index contributed by atoms with van der Waals surface area (Å²) in [6.45, 7) is 0. The summed E-state index contributed by atoms with van der Waals surface area (Å²) in [5, 5.41) is 2.06. The highest BCUT2D eigenvalue weighted by Crippen LogP contribution is 2.30. The largest absolute Gasteiger partial charge is 0.416 e. The van der Waals surface area contributed by atoms with E-state index in [1.54, 1.807) is 0 Å². The third-order valence-electron chi connectivity index (χ3n) is 1.46. The first kappa shape index (κ1) is 13.6. The molecule has 2 amide bonds. The smallest absolute Gasteiger partial charge is 0.351 e. The number of carbonyl (C=O) groups is 1. The monoisotopic (exact) mass is 240 g/mol. The van der Waals surface area contributed by atoms with Gasteiger partial charge in [-0.2, -0.15) is 13.2 Å². The molecule has 3 N–H and O–H groups in total. The molecule has 0 aliphatic carbocycles. The van der Waals surface area contributed by atoms with E-state index >= 15 is 0 Å². The maximum absolute atomic E-state index is 12.2. The Labute approximate surface area is 89.9 Å². The van der Waals surface area contributed by atoms with Crippen LogP contribution in [-0.4, -0.2) is 6.03 Å². The van der Waals surface area contributed by atoms with Crippen LogP contribution in [-0.2, 0) is 6.18 Å². The molecule has 0 aliphatic heterocycles. The van der Waals surface area contributed by atoms with Gasteiger partial charge in [0.25, 0.3) is 0 Å². The van der Waals surface area contributed by atoms with Crippen molar-refractivity contribution in [2.24, 2.45) is 5.73 Å². The number of amides is 2. The van der Waals surface area contributed by atoms with Crippen LogP contribution >= 0.6 is 12.4 Å². The highest BCUT2D eigenvalue weighted by molar-refractivity contribution is 5.87. The molecular formula is C8H8ClF3N2O. The first-order valence-electron chi connectivity index (χ1n) is 3.63. The van der Waals surface area contributed by atoms with Crippen LogP contribution in [0.4, 0.5) is 23.7 Å². The number of alkyl halides is 3. The molecule has 0 saturated carbocycles.